The van der Waals surface area contributed by atoms with Crippen LogP contribution in [0, 0.1) is 13.8 Å². The zero-order valence-corrected chi connectivity index (χ0v) is 12.0. The molecular formula is C16H18N4. The molecule has 0 fully saturated rings. The van der Waals surface area contributed by atoms with Gasteiger partial charge in [-0.3, -0.25) is 9.67 Å². The van der Waals surface area contributed by atoms with Gasteiger partial charge in [-0.1, -0.05) is 6.07 Å². The monoisotopic (exact) mass is 266 g/mol. The predicted molar refractivity (Wildman–Crippen MR) is 81.8 cm³/mol. The van der Waals surface area contributed by atoms with Gasteiger partial charge in [-0.2, -0.15) is 5.10 Å². The number of fused-ring (bicyclic) bond motifs is 1. The molecule has 0 atom stereocenters. The minimum atomic E-state index is 0.789. The average molecular weight is 266 g/mol. The van der Waals surface area contributed by atoms with Gasteiger partial charge in [0.1, 0.15) is 0 Å². The number of benzene rings is 1. The summed E-state index contributed by atoms with van der Waals surface area (Å²) in [7, 11) is 1.98. The molecule has 3 aromatic rings. The molecule has 0 spiro atoms. The third-order valence-corrected chi connectivity index (χ3v) is 3.73. The standard InChI is InChI=1S/C16H18N4/c1-11-15(12(2)20(3)19-11)10-18-14-6-7-16-13(9-14)5-4-8-17-16/h4-9,18H,10H2,1-3H3. The molecule has 0 aliphatic carbocycles. The van der Waals surface area contributed by atoms with E-state index in [9.17, 15) is 0 Å². The number of hydrogen-bond acceptors (Lipinski definition) is 3. The van der Waals surface area contributed by atoms with Gasteiger partial charge in [0.15, 0.2) is 0 Å². The second kappa shape index (κ2) is 4.96. The molecule has 4 nitrogen and oxygen atoms in total. The van der Waals surface area contributed by atoms with Gasteiger partial charge in [0.25, 0.3) is 0 Å². The van der Waals surface area contributed by atoms with Crippen LogP contribution in [0.4, 0.5) is 5.69 Å². The lowest BCUT2D eigenvalue weighted by Gasteiger charge is -2.08. The third-order valence-electron chi connectivity index (χ3n) is 3.73. The van der Waals surface area contributed by atoms with Crippen LogP contribution < -0.4 is 5.32 Å². The Labute approximate surface area is 118 Å². The van der Waals surface area contributed by atoms with Gasteiger partial charge < -0.3 is 5.32 Å². The number of hydrogen-bond donors (Lipinski definition) is 1. The quantitative estimate of drug-likeness (QED) is 0.791. The Morgan fingerprint density at radius 2 is 2.05 bits per heavy atom. The van der Waals surface area contributed by atoms with E-state index >= 15 is 0 Å². The lowest BCUT2D eigenvalue weighted by atomic mass is 10.1. The van der Waals surface area contributed by atoms with Crippen molar-refractivity contribution in [1.82, 2.24) is 14.8 Å². The van der Waals surface area contributed by atoms with Gasteiger partial charge in [-0.15, -0.1) is 0 Å². The van der Waals surface area contributed by atoms with Gasteiger partial charge >= 0.3 is 0 Å². The van der Waals surface area contributed by atoms with E-state index in [-0.39, 0.29) is 0 Å². The van der Waals surface area contributed by atoms with E-state index in [1.54, 1.807) is 0 Å². The molecule has 0 aliphatic heterocycles. The van der Waals surface area contributed by atoms with Crippen LogP contribution in [-0.4, -0.2) is 14.8 Å². The summed E-state index contributed by atoms with van der Waals surface area (Å²) in [6, 6.07) is 10.3. The van der Waals surface area contributed by atoms with Crippen molar-refractivity contribution in [3.05, 3.63) is 53.5 Å². The minimum absolute atomic E-state index is 0.789. The van der Waals surface area contributed by atoms with Crippen molar-refractivity contribution in [1.29, 1.82) is 0 Å². The van der Waals surface area contributed by atoms with Crippen LogP contribution in [0.2, 0.25) is 0 Å². The van der Waals surface area contributed by atoms with Crippen molar-refractivity contribution in [2.75, 3.05) is 5.32 Å². The highest BCUT2D eigenvalue weighted by atomic mass is 15.3. The van der Waals surface area contributed by atoms with E-state index in [1.807, 2.05) is 37.0 Å². The molecule has 3 rings (SSSR count). The van der Waals surface area contributed by atoms with Crippen molar-refractivity contribution in [2.24, 2.45) is 7.05 Å². The van der Waals surface area contributed by atoms with Crippen molar-refractivity contribution < 1.29 is 0 Å². The number of rotatable bonds is 3. The molecule has 1 N–H and O–H groups in total. The summed E-state index contributed by atoms with van der Waals surface area (Å²) < 4.78 is 1.93. The van der Waals surface area contributed by atoms with Crippen LogP contribution in [0.5, 0.6) is 0 Å². The number of pyridine rings is 1. The fraction of sp³-hybridized carbons (Fsp3) is 0.250. The first-order valence-electron chi connectivity index (χ1n) is 6.73. The first-order valence-corrected chi connectivity index (χ1v) is 6.73. The maximum Gasteiger partial charge on any atom is 0.0703 e. The van der Waals surface area contributed by atoms with Crippen molar-refractivity contribution in [3.8, 4) is 0 Å². The van der Waals surface area contributed by atoms with Crippen LogP contribution in [0.15, 0.2) is 36.5 Å². The number of nitrogens with one attached hydrogen (secondary N) is 1. The first-order chi connectivity index (χ1) is 9.65. The largest absolute Gasteiger partial charge is 0.381 e. The van der Waals surface area contributed by atoms with Gasteiger partial charge in [0.2, 0.25) is 0 Å². The molecule has 0 radical (unpaired) electrons. The van der Waals surface area contributed by atoms with Gasteiger partial charge in [0.05, 0.1) is 11.2 Å². The lowest BCUT2D eigenvalue weighted by Crippen LogP contribution is -2.02. The molecule has 0 bridgehead atoms. The minimum Gasteiger partial charge on any atom is -0.381 e. The molecule has 0 amide bonds. The highest BCUT2D eigenvalue weighted by molar-refractivity contribution is 5.82. The summed E-state index contributed by atoms with van der Waals surface area (Å²) in [4.78, 5) is 4.33. The summed E-state index contributed by atoms with van der Waals surface area (Å²) in [5.41, 5.74) is 5.68. The molecule has 102 valence electrons. The topological polar surface area (TPSA) is 42.7 Å². The van der Waals surface area contributed by atoms with Crippen LogP contribution in [0.1, 0.15) is 17.0 Å². The zero-order chi connectivity index (χ0) is 14.1. The van der Waals surface area contributed by atoms with E-state index in [2.05, 4.69) is 40.5 Å². The first kappa shape index (κ1) is 12.7. The molecule has 2 heterocycles. The number of anilines is 1. The average Bonchev–Trinajstić information content (AvgIpc) is 2.70. The third kappa shape index (κ3) is 2.25. The Morgan fingerprint density at radius 3 is 2.80 bits per heavy atom. The van der Waals surface area contributed by atoms with E-state index in [4.69, 9.17) is 0 Å². The second-order valence-corrected chi connectivity index (χ2v) is 5.04. The summed E-state index contributed by atoms with van der Waals surface area (Å²) in [6.07, 6.45) is 1.82. The number of aromatic nitrogens is 3. The number of nitrogens with zero attached hydrogens (tertiary/aromatic N) is 3. The van der Waals surface area contributed by atoms with Crippen molar-refractivity contribution in [2.45, 2.75) is 20.4 Å². The second-order valence-electron chi connectivity index (χ2n) is 5.04. The molecule has 0 saturated carbocycles. The molecule has 0 saturated heterocycles. The van der Waals surface area contributed by atoms with E-state index in [0.717, 1.165) is 28.8 Å². The highest BCUT2D eigenvalue weighted by Gasteiger charge is 2.08. The van der Waals surface area contributed by atoms with Crippen LogP contribution in [-0.2, 0) is 13.6 Å². The molecule has 0 unspecified atom stereocenters. The molecule has 2 aromatic heterocycles. The Balaban J connectivity index is 1.83. The Kier molecular flexibility index (Phi) is 3.14. The molecule has 20 heavy (non-hydrogen) atoms. The summed E-state index contributed by atoms with van der Waals surface area (Å²) in [5.74, 6) is 0. The van der Waals surface area contributed by atoms with E-state index < -0.39 is 0 Å². The maximum atomic E-state index is 4.44. The molecule has 4 heteroatoms. The van der Waals surface area contributed by atoms with Crippen LogP contribution in [0.25, 0.3) is 10.9 Å². The van der Waals surface area contributed by atoms with Crippen molar-refractivity contribution >= 4 is 16.6 Å². The van der Waals surface area contributed by atoms with Gasteiger partial charge in [-0.05, 0) is 38.1 Å². The fourth-order valence-electron chi connectivity index (χ4n) is 2.45. The van der Waals surface area contributed by atoms with Crippen LogP contribution in [0.3, 0.4) is 0 Å². The van der Waals surface area contributed by atoms with E-state index in [0.29, 0.717) is 0 Å². The normalized spacial score (nSPS) is 10.9. The summed E-state index contributed by atoms with van der Waals surface area (Å²) in [6.45, 7) is 4.94. The molecule has 1 aromatic carbocycles. The summed E-state index contributed by atoms with van der Waals surface area (Å²) in [5, 5.41) is 9.06. The zero-order valence-electron chi connectivity index (χ0n) is 12.0. The number of aryl methyl sites for hydroxylation is 2. The Morgan fingerprint density at radius 1 is 1.20 bits per heavy atom. The van der Waals surface area contributed by atoms with Crippen molar-refractivity contribution in [3.63, 3.8) is 0 Å². The molecule has 0 aliphatic rings. The SMILES string of the molecule is Cc1nn(C)c(C)c1CNc1ccc2ncccc2c1. The predicted octanol–water partition coefficient (Wildman–Crippen LogP) is 3.20. The smallest absolute Gasteiger partial charge is 0.0703 e. The highest BCUT2D eigenvalue weighted by Crippen LogP contribution is 2.19. The summed E-state index contributed by atoms with van der Waals surface area (Å²) >= 11 is 0. The fourth-order valence-corrected chi connectivity index (χ4v) is 2.45. The molecular weight excluding hydrogens is 248 g/mol. The maximum absolute atomic E-state index is 4.44. The Bertz CT molecular complexity index is 758. The Hall–Kier alpha value is -2.36. The van der Waals surface area contributed by atoms with E-state index in [1.165, 1.54) is 11.3 Å². The van der Waals surface area contributed by atoms with Gasteiger partial charge in [0, 0.05) is 42.1 Å². The van der Waals surface area contributed by atoms with Crippen LogP contribution >= 0.6 is 0 Å². The lowest BCUT2D eigenvalue weighted by molar-refractivity contribution is 0.730. The van der Waals surface area contributed by atoms with Gasteiger partial charge in [-0.25, -0.2) is 0 Å².